The van der Waals surface area contributed by atoms with Crippen LogP contribution in [0, 0.1) is 13.8 Å². The van der Waals surface area contributed by atoms with Crippen molar-refractivity contribution in [2.45, 2.75) is 38.7 Å². The minimum atomic E-state index is -0.913. The number of methoxy groups -OCH3 is 1. The Balaban J connectivity index is 1.78. The Labute approximate surface area is 134 Å². The van der Waals surface area contributed by atoms with E-state index in [2.05, 4.69) is 20.1 Å². The number of rotatable bonds is 4. The zero-order chi connectivity index (χ0) is 16.4. The Morgan fingerprint density at radius 2 is 2.17 bits per heavy atom. The summed E-state index contributed by atoms with van der Waals surface area (Å²) in [5.74, 6) is 1.80. The molecule has 1 unspecified atom stereocenters. The summed E-state index contributed by atoms with van der Waals surface area (Å²) in [5.41, 5.74) is -0.0861. The van der Waals surface area contributed by atoms with E-state index in [9.17, 15) is 5.11 Å². The highest BCUT2D eigenvalue weighted by Crippen LogP contribution is 2.28. The van der Waals surface area contributed by atoms with Crippen LogP contribution >= 0.6 is 0 Å². The second-order valence-corrected chi connectivity index (χ2v) is 6.02. The molecule has 8 heteroatoms. The van der Waals surface area contributed by atoms with Gasteiger partial charge >= 0.3 is 6.01 Å². The van der Waals surface area contributed by atoms with Crippen LogP contribution in [0.5, 0.6) is 6.01 Å². The monoisotopic (exact) mass is 319 g/mol. The van der Waals surface area contributed by atoms with Crippen molar-refractivity contribution in [1.82, 2.24) is 20.1 Å². The number of β-amino-alcohol motifs (C(OH)–C–C–N with tert-alkyl or cyclic N) is 1. The summed E-state index contributed by atoms with van der Waals surface area (Å²) in [6.07, 6.45) is 1.88. The molecule has 8 nitrogen and oxygen atoms in total. The molecule has 1 aliphatic heterocycles. The number of aromatic nitrogens is 4. The number of hydrogen-bond donors (Lipinski definition) is 1. The Hall–Kier alpha value is -2.22. The van der Waals surface area contributed by atoms with Crippen LogP contribution in [0.15, 0.2) is 10.6 Å². The van der Waals surface area contributed by atoms with Crippen molar-refractivity contribution >= 4 is 5.82 Å². The highest BCUT2D eigenvalue weighted by molar-refractivity contribution is 5.42. The normalized spacial score (nSPS) is 21.5. The van der Waals surface area contributed by atoms with Crippen LogP contribution in [-0.4, -0.2) is 51.0 Å². The zero-order valence-corrected chi connectivity index (χ0v) is 13.6. The van der Waals surface area contributed by atoms with Crippen molar-refractivity contribution in [1.29, 1.82) is 0 Å². The predicted octanol–water partition coefficient (Wildman–Crippen LogP) is 1.06. The molecule has 3 heterocycles. The summed E-state index contributed by atoms with van der Waals surface area (Å²) >= 11 is 0. The zero-order valence-electron chi connectivity index (χ0n) is 13.6. The number of aryl methyl sites for hydroxylation is 2. The van der Waals surface area contributed by atoms with Gasteiger partial charge in [0.1, 0.15) is 5.82 Å². The van der Waals surface area contributed by atoms with Gasteiger partial charge in [-0.2, -0.15) is 9.97 Å². The van der Waals surface area contributed by atoms with Gasteiger partial charge in [-0.05, 0) is 26.7 Å². The van der Waals surface area contributed by atoms with Crippen LogP contribution in [0.25, 0.3) is 0 Å². The van der Waals surface area contributed by atoms with Gasteiger partial charge < -0.3 is 19.3 Å². The molecule has 0 radical (unpaired) electrons. The third kappa shape index (κ3) is 3.58. The first-order valence-corrected chi connectivity index (χ1v) is 7.64. The number of hydrogen-bond acceptors (Lipinski definition) is 8. The first-order valence-electron chi connectivity index (χ1n) is 7.64. The standard InChI is InChI=1S/C15H21N5O3/c1-10-7-12(18-14(16-10)22-3)20-6-4-5-15(21,9-20)8-13-17-11(2)19-23-13/h7,21H,4-6,8-9H2,1-3H3. The van der Waals surface area contributed by atoms with Crippen molar-refractivity contribution in [2.24, 2.45) is 0 Å². The Morgan fingerprint density at radius 3 is 2.87 bits per heavy atom. The van der Waals surface area contributed by atoms with E-state index in [0.717, 1.165) is 24.5 Å². The maximum absolute atomic E-state index is 10.9. The van der Waals surface area contributed by atoms with E-state index in [-0.39, 0.29) is 0 Å². The molecule has 0 spiro atoms. The molecule has 3 rings (SSSR count). The fourth-order valence-corrected chi connectivity index (χ4v) is 2.92. The van der Waals surface area contributed by atoms with Gasteiger partial charge in [-0.3, -0.25) is 0 Å². The van der Waals surface area contributed by atoms with Crippen molar-refractivity contribution in [3.05, 3.63) is 23.5 Å². The number of piperidine rings is 1. The lowest BCUT2D eigenvalue weighted by Crippen LogP contribution is -2.50. The molecular weight excluding hydrogens is 298 g/mol. The summed E-state index contributed by atoms with van der Waals surface area (Å²) in [6.45, 7) is 4.93. The first kappa shape index (κ1) is 15.7. The summed E-state index contributed by atoms with van der Waals surface area (Å²) in [5, 5.41) is 14.7. The number of aliphatic hydroxyl groups is 1. The fraction of sp³-hybridized carbons (Fsp3) is 0.600. The van der Waals surface area contributed by atoms with E-state index in [1.54, 1.807) is 14.0 Å². The maximum Gasteiger partial charge on any atom is 0.318 e. The van der Waals surface area contributed by atoms with Crippen LogP contribution in [0.4, 0.5) is 5.82 Å². The molecule has 0 bridgehead atoms. The Morgan fingerprint density at radius 1 is 1.35 bits per heavy atom. The van der Waals surface area contributed by atoms with E-state index in [1.165, 1.54) is 0 Å². The van der Waals surface area contributed by atoms with Gasteiger partial charge in [0.25, 0.3) is 0 Å². The van der Waals surface area contributed by atoms with E-state index in [0.29, 0.717) is 37.1 Å². The SMILES string of the molecule is COc1nc(C)cc(N2CCCC(O)(Cc3nc(C)no3)C2)n1. The molecule has 0 saturated carbocycles. The summed E-state index contributed by atoms with van der Waals surface area (Å²) in [7, 11) is 1.54. The van der Waals surface area contributed by atoms with E-state index < -0.39 is 5.60 Å². The lowest BCUT2D eigenvalue weighted by atomic mass is 9.89. The Kier molecular flexibility index (Phi) is 4.16. The molecule has 1 atom stereocenters. The van der Waals surface area contributed by atoms with Crippen LogP contribution in [0.2, 0.25) is 0 Å². The molecule has 1 fully saturated rings. The van der Waals surface area contributed by atoms with Gasteiger partial charge in [-0.15, -0.1) is 0 Å². The molecule has 1 aliphatic rings. The molecule has 1 N–H and O–H groups in total. The highest BCUT2D eigenvalue weighted by Gasteiger charge is 2.36. The van der Waals surface area contributed by atoms with Crippen LogP contribution in [0.1, 0.15) is 30.3 Å². The van der Waals surface area contributed by atoms with Gasteiger partial charge in [-0.1, -0.05) is 5.16 Å². The van der Waals surface area contributed by atoms with Gasteiger partial charge in [0.2, 0.25) is 5.89 Å². The number of ether oxygens (including phenoxy) is 1. The molecule has 0 aromatic carbocycles. The molecule has 0 amide bonds. The minimum absolute atomic E-state index is 0.335. The highest BCUT2D eigenvalue weighted by atomic mass is 16.5. The van der Waals surface area contributed by atoms with Crippen molar-refractivity contribution in [3.8, 4) is 6.01 Å². The minimum Gasteiger partial charge on any atom is -0.467 e. The third-order valence-electron chi connectivity index (χ3n) is 3.93. The van der Waals surface area contributed by atoms with Gasteiger partial charge in [0, 0.05) is 24.8 Å². The summed E-state index contributed by atoms with van der Waals surface area (Å²) in [4.78, 5) is 14.8. The molecule has 2 aromatic rings. The van der Waals surface area contributed by atoms with Gasteiger partial charge in [0.05, 0.1) is 19.1 Å². The molecule has 2 aromatic heterocycles. The molecule has 1 saturated heterocycles. The third-order valence-corrected chi connectivity index (χ3v) is 3.93. The van der Waals surface area contributed by atoms with Crippen molar-refractivity contribution < 1.29 is 14.4 Å². The van der Waals surface area contributed by atoms with E-state index in [1.807, 2.05) is 17.9 Å². The molecule has 23 heavy (non-hydrogen) atoms. The topological polar surface area (TPSA) is 97.4 Å². The average Bonchev–Trinajstić information content (AvgIpc) is 2.91. The summed E-state index contributed by atoms with van der Waals surface area (Å²) in [6, 6.07) is 2.23. The molecular formula is C15H21N5O3. The average molecular weight is 319 g/mol. The maximum atomic E-state index is 10.9. The predicted molar refractivity (Wildman–Crippen MR) is 82.5 cm³/mol. The molecule has 124 valence electrons. The fourth-order valence-electron chi connectivity index (χ4n) is 2.92. The van der Waals surface area contributed by atoms with Crippen molar-refractivity contribution in [2.75, 3.05) is 25.1 Å². The van der Waals surface area contributed by atoms with Gasteiger partial charge in [0.15, 0.2) is 5.82 Å². The van der Waals surface area contributed by atoms with Crippen LogP contribution < -0.4 is 9.64 Å². The lowest BCUT2D eigenvalue weighted by Gasteiger charge is -2.39. The van der Waals surface area contributed by atoms with Gasteiger partial charge in [-0.25, -0.2) is 4.98 Å². The second-order valence-electron chi connectivity index (χ2n) is 6.02. The first-order chi connectivity index (χ1) is 11.0. The lowest BCUT2D eigenvalue weighted by molar-refractivity contribution is 0.0191. The number of anilines is 1. The Bertz CT molecular complexity index is 690. The molecule has 0 aliphatic carbocycles. The van der Waals surface area contributed by atoms with Crippen LogP contribution in [-0.2, 0) is 6.42 Å². The van der Waals surface area contributed by atoms with Crippen LogP contribution in [0.3, 0.4) is 0 Å². The number of nitrogens with zero attached hydrogens (tertiary/aromatic N) is 5. The van der Waals surface area contributed by atoms with E-state index >= 15 is 0 Å². The summed E-state index contributed by atoms with van der Waals surface area (Å²) < 4.78 is 10.3. The smallest absolute Gasteiger partial charge is 0.318 e. The van der Waals surface area contributed by atoms with Crippen molar-refractivity contribution in [3.63, 3.8) is 0 Å². The second kappa shape index (κ2) is 6.11. The quantitative estimate of drug-likeness (QED) is 0.893. The largest absolute Gasteiger partial charge is 0.467 e. The van der Waals surface area contributed by atoms with E-state index in [4.69, 9.17) is 9.26 Å².